The first-order chi connectivity index (χ1) is 11.9. The molecule has 0 aromatic carbocycles. The van der Waals surface area contributed by atoms with E-state index in [-0.39, 0.29) is 11.0 Å². The lowest BCUT2D eigenvalue weighted by molar-refractivity contribution is -0.00183. The maximum Gasteiger partial charge on any atom is 0.213 e. The van der Waals surface area contributed by atoms with E-state index in [1.165, 1.54) is 0 Å². The second kappa shape index (κ2) is 6.08. The monoisotopic (exact) mass is 361 g/mol. The first kappa shape index (κ1) is 17.0. The van der Waals surface area contributed by atoms with Gasteiger partial charge >= 0.3 is 0 Å². The van der Waals surface area contributed by atoms with Gasteiger partial charge in [-0.15, -0.1) is 0 Å². The molecule has 1 unspecified atom stereocenters. The first-order valence-corrected chi connectivity index (χ1v) is 9.28. The molecule has 2 bridgehead atoms. The van der Waals surface area contributed by atoms with Gasteiger partial charge in [0.25, 0.3) is 0 Å². The number of fused-ring (bicyclic) bond motifs is 4. The third-order valence-electron chi connectivity index (χ3n) is 6.31. The predicted octanol–water partition coefficient (Wildman–Crippen LogP) is 3.77. The van der Waals surface area contributed by atoms with Crippen molar-refractivity contribution in [1.29, 1.82) is 0 Å². The van der Waals surface area contributed by atoms with Crippen LogP contribution in [0.4, 0.5) is 0 Å². The number of pyridine rings is 2. The van der Waals surface area contributed by atoms with Crippen LogP contribution in [0, 0.1) is 5.41 Å². The molecular weight excluding hydrogens is 338 g/mol. The molecule has 2 heterocycles. The molecule has 0 amide bonds. The lowest BCUT2D eigenvalue weighted by atomic mass is 9.56. The SMILES string of the molecule is COc1ccc2ncc(Cl)c(C(O)CC34CCC(N)(CC3)CC4)c2n1. The summed E-state index contributed by atoms with van der Waals surface area (Å²) in [6.07, 6.45) is 8.03. The number of rotatable bonds is 4. The minimum Gasteiger partial charge on any atom is -0.481 e. The van der Waals surface area contributed by atoms with Crippen molar-refractivity contribution in [2.45, 2.75) is 56.6 Å². The lowest BCUT2D eigenvalue weighted by Gasteiger charge is -2.52. The van der Waals surface area contributed by atoms with Gasteiger partial charge in [0.15, 0.2) is 0 Å². The molecule has 2 aromatic rings. The van der Waals surface area contributed by atoms with Crippen LogP contribution in [0.3, 0.4) is 0 Å². The highest BCUT2D eigenvalue weighted by Crippen LogP contribution is 2.55. The van der Waals surface area contributed by atoms with E-state index in [2.05, 4.69) is 9.97 Å². The van der Waals surface area contributed by atoms with Crippen molar-refractivity contribution < 1.29 is 9.84 Å². The Balaban J connectivity index is 1.68. The molecule has 6 heteroatoms. The summed E-state index contributed by atoms with van der Waals surface area (Å²) in [6, 6.07) is 3.61. The Kier molecular flexibility index (Phi) is 4.13. The molecule has 1 atom stereocenters. The molecule has 3 N–H and O–H groups in total. The number of aliphatic hydroxyl groups is 1. The summed E-state index contributed by atoms with van der Waals surface area (Å²) in [4.78, 5) is 8.81. The number of ether oxygens (including phenoxy) is 1. The Labute approximate surface area is 152 Å². The maximum atomic E-state index is 11.1. The van der Waals surface area contributed by atoms with Crippen LogP contribution in [0.25, 0.3) is 11.0 Å². The fourth-order valence-electron chi connectivity index (χ4n) is 4.59. The standard InChI is InChI=1S/C19H24ClN3O2/c1-25-15-3-2-13-17(23-15)16(12(20)11-22-13)14(24)10-18-4-7-19(21,8-5-18)9-6-18/h2-3,11,14,24H,4-10,21H2,1H3. The van der Waals surface area contributed by atoms with Crippen LogP contribution in [0.15, 0.2) is 18.3 Å². The van der Waals surface area contributed by atoms with E-state index >= 15 is 0 Å². The van der Waals surface area contributed by atoms with E-state index in [4.69, 9.17) is 22.1 Å². The molecule has 134 valence electrons. The zero-order valence-electron chi connectivity index (χ0n) is 14.5. The van der Waals surface area contributed by atoms with Crippen molar-refractivity contribution >= 4 is 22.6 Å². The van der Waals surface area contributed by atoms with Crippen LogP contribution in [0.2, 0.25) is 5.02 Å². The van der Waals surface area contributed by atoms with Crippen molar-refractivity contribution in [3.8, 4) is 5.88 Å². The van der Waals surface area contributed by atoms with Crippen LogP contribution >= 0.6 is 11.6 Å². The number of methoxy groups -OCH3 is 1. The molecule has 3 aliphatic carbocycles. The molecule has 0 saturated heterocycles. The van der Waals surface area contributed by atoms with Crippen molar-refractivity contribution in [2.24, 2.45) is 11.1 Å². The van der Waals surface area contributed by atoms with Gasteiger partial charge in [-0.1, -0.05) is 11.6 Å². The smallest absolute Gasteiger partial charge is 0.213 e. The van der Waals surface area contributed by atoms with Crippen LogP contribution in [0.5, 0.6) is 5.88 Å². The van der Waals surface area contributed by atoms with Gasteiger partial charge in [0.05, 0.1) is 23.8 Å². The number of hydrogen-bond donors (Lipinski definition) is 2. The summed E-state index contributed by atoms with van der Waals surface area (Å²) < 4.78 is 5.23. The quantitative estimate of drug-likeness (QED) is 0.866. The van der Waals surface area contributed by atoms with Gasteiger partial charge in [-0.05, 0) is 56.4 Å². The molecule has 25 heavy (non-hydrogen) atoms. The van der Waals surface area contributed by atoms with E-state index in [0.717, 1.165) is 38.5 Å². The van der Waals surface area contributed by atoms with Crippen molar-refractivity contribution in [3.05, 3.63) is 28.9 Å². The molecular formula is C19H24ClN3O2. The van der Waals surface area contributed by atoms with Gasteiger partial charge in [0, 0.05) is 23.4 Å². The minimum atomic E-state index is -0.666. The van der Waals surface area contributed by atoms with Gasteiger partial charge in [-0.25, -0.2) is 4.98 Å². The van der Waals surface area contributed by atoms with Gasteiger partial charge < -0.3 is 15.6 Å². The van der Waals surface area contributed by atoms with Crippen LogP contribution in [-0.4, -0.2) is 27.7 Å². The van der Waals surface area contributed by atoms with Gasteiger partial charge in [0.2, 0.25) is 5.88 Å². The number of nitrogens with zero attached hydrogens (tertiary/aromatic N) is 2. The topological polar surface area (TPSA) is 81.3 Å². The molecule has 2 aromatic heterocycles. The lowest BCUT2D eigenvalue weighted by Crippen LogP contribution is -2.52. The Morgan fingerprint density at radius 3 is 2.56 bits per heavy atom. The van der Waals surface area contributed by atoms with Gasteiger partial charge in [0.1, 0.15) is 5.52 Å². The van der Waals surface area contributed by atoms with E-state index in [1.54, 1.807) is 19.4 Å². The first-order valence-electron chi connectivity index (χ1n) is 8.90. The molecule has 3 fully saturated rings. The summed E-state index contributed by atoms with van der Waals surface area (Å²) >= 11 is 6.41. The molecule has 0 spiro atoms. The van der Waals surface area contributed by atoms with E-state index in [9.17, 15) is 5.11 Å². The van der Waals surface area contributed by atoms with Crippen molar-refractivity contribution in [2.75, 3.05) is 7.11 Å². The van der Waals surface area contributed by atoms with Crippen LogP contribution in [-0.2, 0) is 0 Å². The summed E-state index contributed by atoms with van der Waals surface area (Å²) in [5, 5.41) is 11.5. The van der Waals surface area contributed by atoms with Crippen molar-refractivity contribution in [3.63, 3.8) is 0 Å². The van der Waals surface area contributed by atoms with Crippen molar-refractivity contribution in [1.82, 2.24) is 9.97 Å². The number of halogens is 1. The Bertz CT molecular complexity index is 786. The van der Waals surface area contributed by atoms with E-state index in [1.807, 2.05) is 6.07 Å². The number of hydrogen-bond acceptors (Lipinski definition) is 5. The maximum absolute atomic E-state index is 11.1. The average Bonchev–Trinajstić information content (AvgIpc) is 2.62. The molecule has 5 rings (SSSR count). The molecule has 0 aliphatic heterocycles. The fourth-order valence-corrected chi connectivity index (χ4v) is 4.85. The summed E-state index contributed by atoms with van der Waals surface area (Å²) in [6.45, 7) is 0. The van der Waals surface area contributed by atoms with E-state index in [0.29, 0.717) is 33.9 Å². The third kappa shape index (κ3) is 2.98. The Morgan fingerprint density at radius 1 is 1.24 bits per heavy atom. The van der Waals surface area contributed by atoms with Crippen LogP contribution in [0.1, 0.15) is 56.6 Å². The van der Waals surface area contributed by atoms with Crippen LogP contribution < -0.4 is 10.5 Å². The van der Waals surface area contributed by atoms with E-state index < -0.39 is 6.10 Å². The zero-order chi connectivity index (χ0) is 17.7. The molecule has 0 radical (unpaired) electrons. The summed E-state index contributed by atoms with van der Waals surface area (Å²) in [5.41, 5.74) is 8.60. The second-order valence-corrected chi connectivity index (χ2v) is 8.23. The fraction of sp³-hybridized carbons (Fsp3) is 0.579. The Hall–Kier alpha value is -1.43. The number of aliphatic hydroxyl groups excluding tert-OH is 1. The highest BCUT2D eigenvalue weighted by Gasteiger charge is 2.47. The highest BCUT2D eigenvalue weighted by molar-refractivity contribution is 6.32. The number of aromatic nitrogens is 2. The predicted molar refractivity (Wildman–Crippen MR) is 97.7 cm³/mol. The zero-order valence-corrected chi connectivity index (χ0v) is 15.2. The Morgan fingerprint density at radius 2 is 1.92 bits per heavy atom. The van der Waals surface area contributed by atoms with Gasteiger partial charge in [-0.3, -0.25) is 4.98 Å². The molecule has 3 saturated carbocycles. The third-order valence-corrected chi connectivity index (χ3v) is 6.61. The normalized spacial score (nSPS) is 29.8. The number of nitrogens with two attached hydrogens (primary N) is 1. The minimum absolute atomic E-state index is 0.0304. The summed E-state index contributed by atoms with van der Waals surface area (Å²) in [5.74, 6) is 0.492. The van der Waals surface area contributed by atoms with Gasteiger partial charge in [-0.2, -0.15) is 0 Å². The second-order valence-electron chi connectivity index (χ2n) is 7.82. The highest BCUT2D eigenvalue weighted by atomic mass is 35.5. The largest absolute Gasteiger partial charge is 0.481 e. The molecule has 5 nitrogen and oxygen atoms in total. The molecule has 3 aliphatic rings. The average molecular weight is 362 g/mol. The summed E-state index contributed by atoms with van der Waals surface area (Å²) in [7, 11) is 1.57.